The van der Waals surface area contributed by atoms with Gasteiger partial charge < -0.3 is 20.5 Å². The average Bonchev–Trinajstić information content (AvgIpc) is 2.87. The van der Waals surface area contributed by atoms with Crippen LogP contribution in [-0.4, -0.2) is 31.4 Å². The highest BCUT2D eigenvalue weighted by Gasteiger charge is 2.33. The molecule has 7 nitrogen and oxygen atoms in total. The standard InChI is InChI=1S/C28H27ClN2O5S/c1-3-27(37(34,35)22-10-6-7-18(2)13-22)28(33)31-24-16-26(32)25(15-23(24)29)30-17-36-21-12-11-19-8-4-5-9-20(19)14-21/h4-16,27,30,32H,3,17H2,1-2H3,(H,31,33). The minimum Gasteiger partial charge on any atom is -0.506 e. The van der Waals surface area contributed by atoms with Crippen molar-refractivity contribution in [3.63, 3.8) is 0 Å². The van der Waals surface area contributed by atoms with E-state index in [9.17, 15) is 18.3 Å². The highest BCUT2D eigenvalue weighted by atomic mass is 35.5. The molecule has 1 unspecified atom stereocenters. The number of amides is 1. The minimum absolute atomic E-state index is 0.0561. The number of aromatic hydroxyl groups is 1. The van der Waals surface area contributed by atoms with Crippen LogP contribution in [0.1, 0.15) is 18.9 Å². The van der Waals surface area contributed by atoms with Crippen LogP contribution in [0.2, 0.25) is 5.02 Å². The summed E-state index contributed by atoms with van der Waals surface area (Å²) in [7, 11) is -3.92. The van der Waals surface area contributed by atoms with Crippen LogP contribution in [0.15, 0.2) is 83.8 Å². The monoisotopic (exact) mass is 538 g/mol. The second-order valence-corrected chi connectivity index (χ2v) is 11.1. The molecule has 0 heterocycles. The molecule has 4 aromatic rings. The van der Waals surface area contributed by atoms with Crippen molar-refractivity contribution in [2.24, 2.45) is 0 Å². The second-order valence-electron chi connectivity index (χ2n) is 8.57. The van der Waals surface area contributed by atoms with Crippen molar-refractivity contribution in [2.75, 3.05) is 17.4 Å². The second kappa shape index (κ2) is 11.1. The lowest BCUT2D eigenvalue weighted by molar-refractivity contribution is -0.115. The molecular formula is C28H27ClN2O5S. The molecule has 0 aliphatic carbocycles. The average molecular weight is 539 g/mol. The Morgan fingerprint density at radius 3 is 2.46 bits per heavy atom. The van der Waals surface area contributed by atoms with Crippen LogP contribution in [0.3, 0.4) is 0 Å². The summed E-state index contributed by atoms with van der Waals surface area (Å²) in [6.45, 7) is 3.46. The molecule has 0 saturated heterocycles. The topological polar surface area (TPSA) is 105 Å². The van der Waals surface area contributed by atoms with Gasteiger partial charge in [-0.05, 0) is 60.0 Å². The van der Waals surface area contributed by atoms with Crippen molar-refractivity contribution in [3.05, 3.63) is 89.4 Å². The molecule has 0 fully saturated rings. The Labute approximate surface area is 221 Å². The van der Waals surface area contributed by atoms with E-state index in [1.165, 1.54) is 24.3 Å². The van der Waals surface area contributed by atoms with Gasteiger partial charge >= 0.3 is 0 Å². The lowest BCUT2D eigenvalue weighted by atomic mass is 10.1. The molecule has 0 spiro atoms. The number of nitrogens with one attached hydrogen (secondary N) is 2. The zero-order chi connectivity index (χ0) is 26.6. The normalized spacial score (nSPS) is 12.2. The number of fused-ring (bicyclic) bond motifs is 1. The van der Waals surface area contributed by atoms with E-state index in [1.807, 2.05) is 42.5 Å². The number of hydrogen-bond donors (Lipinski definition) is 3. The van der Waals surface area contributed by atoms with Gasteiger partial charge in [0.25, 0.3) is 0 Å². The van der Waals surface area contributed by atoms with E-state index in [-0.39, 0.29) is 34.5 Å². The minimum atomic E-state index is -3.92. The summed E-state index contributed by atoms with van der Waals surface area (Å²) in [5.41, 5.74) is 1.17. The summed E-state index contributed by atoms with van der Waals surface area (Å²) in [6, 6.07) is 22.8. The van der Waals surface area contributed by atoms with E-state index < -0.39 is 21.0 Å². The SMILES string of the molecule is CCC(C(=O)Nc1cc(O)c(NCOc2ccc3ccccc3c2)cc1Cl)S(=O)(=O)c1cccc(C)c1. The first-order valence-corrected chi connectivity index (χ1v) is 13.6. The number of hydrogen-bond acceptors (Lipinski definition) is 6. The van der Waals surface area contributed by atoms with E-state index >= 15 is 0 Å². The molecule has 192 valence electrons. The van der Waals surface area contributed by atoms with Gasteiger partial charge in [0.1, 0.15) is 16.7 Å². The van der Waals surface area contributed by atoms with Crippen molar-refractivity contribution in [3.8, 4) is 11.5 Å². The number of phenolic OH excluding ortho intramolecular Hbond substituents is 1. The molecule has 1 atom stereocenters. The van der Waals surface area contributed by atoms with Crippen molar-refractivity contribution < 1.29 is 23.1 Å². The molecule has 0 aliphatic rings. The van der Waals surface area contributed by atoms with Crippen molar-refractivity contribution >= 4 is 49.5 Å². The maximum atomic E-state index is 13.1. The van der Waals surface area contributed by atoms with Crippen LogP contribution in [-0.2, 0) is 14.6 Å². The van der Waals surface area contributed by atoms with Gasteiger partial charge in [0.05, 0.1) is 21.3 Å². The highest BCUT2D eigenvalue weighted by Crippen LogP contribution is 2.34. The quantitative estimate of drug-likeness (QED) is 0.174. The number of halogens is 1. The van der Waals surface area contributed by atoms with Crippen molar-refractivity contribution in [1.29, 1.82) is 0 Å². The Bertz CT molecular complexity index is 1560. The van der Waals surface area contributed by atoms with Crippen LogP contribution in [0.25, 0.3) is 10.8 Å². The fourth-order valence-corrected chi connectivity index (χ4v) is 5.91. The Balaban J connectivity index is 1.44. The van der Waals surface area contributed by atoms with E-state index in [1.54, 1.807) is 26.0 Å². The molecule has 0 radical (unpaired) electrons. The molecule has 0 aromatic heterocycles. The number of aryl methyl sites for hydroxylation is 1. The van der Waals surface area contributed by atoms with Crippen LogP contribution < -0.4 is 15.4 Å². The lowest BCUT2D eigenvalue weighted by Crippen LogP contribution is -2.34. The van der Waals surface area contributed by atoms with Crippen LogP contribution in [0.4, 0.5) is 11.4 Å². The molecule has 0 saturated carbocycles. The fraction of sp³-hybridized carbons (Fsp3) is 0.179. The number of rotatable bonds is 9. The predicted molar refractivity (Wildman–Crippen MR) is 147 cm³/mol. The summed E-state index contributed by atoms with van der Waals surface area (Å²) in [6.07, 6.45) is 0.0669. The molecule has 1 amide bonds. The van der Waals surface area contributed by atoms with E-state index in [4.69, 9.17) is 16.3 Å². The van der Waals surface area contributed by atoms with Gasteiger partial charge in [0, 0.05) is 6.07 Å². The van der Waals surface area contributed by atoms with Gasteiger partial charge in [-0.2, -0.15) is 0 Å². The van der Waals surface area contributed by atoms with Crippen LogP contribution in [0, 0.1) is 6.92 Å². The zero-order valence-electron chi connectivity index (χ0n) is 20.4. The van der Waals surface area contributed by atoms with Gasteiger partial charge in [0.15, 0.2) is 16.6 Å². The Morgan fingerprint density at radius 2 is 1.73 bits per heavy atom. The number of benzene rings is 4. The number of carbonyl (C=O) groups is 1. The molecule has 3 N–H and O–H groups in total. The fourth-order valence-electron chi connectivity index (χ4n) is 3.97. The number of anilines is 2. The third-order valence-electron chi connectivity index (χ3n) is 5.92. The van der Waals surface area contributed by atoms with E-state index in [0.717, 1.165) is 16.3 Å². The Hall–Kier alpha value is -3.75. The third-order valence-corrected chi connectivity index (χ3v) is 8.44. The Kier molecular flexibility index (Phi) is 7.90. The summed E-state index contributed by atoms with van der Waals surface area (Å²) < 4.78 is 31.9. The summed E-state index contributed by atoms with van der Waals surface area (Å²) >= 11 is 6.35. The van der Waals surface area contributed by atoms with Crippen molar-refractivity contribution in [2.45, 2.75) is 30.4 Å². The highest BCUT2D eigenvalue weighted by molar-refractivity contribution is 7.92. The first kappa shape index (κ1) is 26.3. The largest absolute Gasteiger partial charge is 0.506 e. The summed E-state index contributed by atoms with van der Waals surface area (Å²) in [5, 5.41) is 16.9. The first-order valence-electron chi connectivity index (χ1n) is 11.7. The number of phenols is 1. The molecular weight excluding hydrogens is 512 g/mol. The maximum Gasteiger partial charge on any atom is 0.243 e. The molecule has 37 heavy (non-hydrogen) atoms. The molecule has 4 rings (SSSR count). The number of sulfone groups is 1. The number of ether oxygens (including phenoxy) is 1. The Morgan fingerprint density at radius 1 is 0.973 bits per heavy atom. The van der Waals surface area contributed by atoms with Gasteiger partial charge in [0.2, 0.25) is 5.91 Å². The lowest BCUT2D eigenvalue weighted by Gasteiger charge is -2.18. The van der Waals surface area contributed by atoms with Gasteiger partial charge in [-0.15, -0.1) is 0 Å². The molecule has 0 aliphatic heterocycles. The van der Waals surface area contributed by atoms with E-state index in [2.05, 4.69) is 10.6 Å². The van der Waals surface area contributed by atoms with Crippen molar-refractivity contribution in [1.82, 2.24) is 0 Å². The van der Waals surface area contributed by atoms with Gasteiger partial charge in [-0.3, -0.25) is 4.79 Å². The third kappa shape index (κ3) is 5.98. The number of carbonyl (C=O) groups excluding carboxylic acids is 1. The maximum absolute atomic E-state index is 13.1. The van der Waals surface area contributed by atoms with Crippen LogP contribution >= 0.6 is 11.6 Å². The zero-order valence-corrected chi connectivity index (χ0v) is 21.9. The molecule has 4 aromatic carbocycles. The molecule has 0 bridgehead atoms. The summed E-state index contributed by atoms with van der Waals surface area (Å²) in [5.74, 6) is -0.261. The smallest absolute Gasteiger partial charge is 0.243 e. The van der Waals surface area contributed by atoms with Crippen LogP contribution in [0.5, 0.6) is 11.5 Å². The first-order chi connectivity index (χ1) is 17.7. The summed E-state index contributed by atoms with van der Waals surface area (Å²) in [4.78, 5) is 13.0. The van der Waals surface area contributed by atoms with Gasteiger partial charge in [-0.25, -0.2) is 8.42 Å². The van der Waals surface area contributed by atoms with Gasteiger partial charge in [-0.1, -0.05) is 61.0 Å². The van der Waals surface area contributed by atoms with E-state index in [0.29, 0.717) is 11.4 Å². The predicted octanol–water partition coefficient (Wildman–Crippen LogP) is 6.15. The molecule has 9 heteroatoms.